The Morgan fingerprint density at radius 3 is 2.70 bits per heavy atom. The van der Waals surface area contributed by atoms with E-state index in [1.165, 1.54) is 0 Å². The molecule has 0 saturated heterocycles. The summed E-state index contributed by atoms with van der Waals surface area (Å²) in [6, 6.07) is 15.2. The molecule has 2 aromatic carbocycles. The third-order valence-corrected chi connectivity index (χ3v) is 3.46. The summed E-state index contributed by atoms with van der Waals surface area (Å²) in [6.45, 7) is 2.75. The van der Waals surface area contributed by atoms with Crippen LogP contribution in [0.15, 0.2) is 48.5 Å². The first-order chi connectivity index (χ1) is 9.70. The predicted octanol–water partition coefficient (Wildman–Crippen LogP) is 4.40. The van der Waals surface area contributed by atoms with Crippen LogP contribution in [0.1, 0.15) is 30.6 Å². The lowest BCUT2D eigenvalue weighted by Gasteiger charge is -2.13. The molecule has 0 aliphatic rings. The van der Waals surface area contributed by atoms with Crippen LogP contribution in [0.4, 0.5) is 0 Å². The van der Waals surface area contributed by atoms with Crippen molar-refractivity contribution in [1.82, 2.24) is 0 Å². The molecule has 20 heavy (non-hydrogen) atoms. The second-order valence-corrected chi connectivity index (χ2v) is 5.14. The van der Waals surface area contributed by atoms with Gasteiger partial charge in [-0.05, 0) is 35.7 Å². The Bertz CT molecular complexity index is 554. The van der Waals surface area contributed by atoms with Gasteiger partial charge in [-0.15, -0.1) is 0 Å². The highest BCUT2D eigenvalue weighted by Gasteiger charge is 2.11. The number of aliphatic hydroxyl groups is 1. The maximum atomic E-state index is 10.3. The molecule has 0 fully saturated rings. The van der Waals surface area contributed by atoms with Crippen molar-refractivity contribution in [2.75, 3.05) is 6.61 Å². The summed E-state index contributed by atoms with van der Waals surface area (Å²) < 4.78 is 5.58. The van der Waals surface area contributed by atoms with Crippen LogP contribution >= 0.6 is 11.6 Å². The largest absolute Gasteiger partial charge is 0.494 e. The first kappa shape index (κ1) is 14.9. The minimum absolute atomic E-state index is 0.497. The number of hydrogen-bond donors (Lipinski definition) is 1. The highest BCUT2D eigenvalue weighted by molar-refractivity contribution is 6.31. The second kappa shape index (κ2) is 7.32. The van der Waals surface area contributed by atoms with Crippen molar-refractivity contribution in [1.29, 1.82) is 0 Å². The van der Waals surface area contributed by atoms with Gasteiger partial charge in [0.15, 0.2) is 0 Å². The van der Waals surface area contributed by atoms with Crippen molar-refractivity contribution in [3.63, 3.8) is 0 Å². The fraction of sp³-hybridized carbons (Fsp3) is 0.294. The average Bonchev–Trinajstić information content (AvgIpc) is 2.48. The summed E-state index contributed by atoms with van der Waals surface area (Å²) >= 11 is 6.12. The van der Waals surface area contributed by atoms with Crippen LogP contribution in [-0.4, -0.2) is 11.7 Å². The molecule has 1 unspecified atom stereocenters. The van der Waals surface area contributed by atoms with Crippen LogP contribution in [0.25, 0.3) is 0 Å². The molecular weight excluding hydrogens is 272 g/mol. The maximum absolute atomic E-state index is 10.3. The Kier molecular flexibility index (Phi) is 5.45. The zero-order chi connectivity index (χ0) is 14.4. The fourth-order valence-corrected chi connectivity index (χ4v) is 2.23. The standard InChI is InChI=1S/C17H19ClO2/c1-2-10-20-15-8-5-7-14(11-15)17(19)12-13-6-3-4-9-16(13)18/h3-9,11,17,19H,2,10,12H2,1H3. The molecule has 0 saturated carbocycles. The van der Waals surface area contributed by atoms with E-state index in [4.69, 9.17) is 16.3 Å². The molecule has 3 heteroatoms. The van der Waals surface area contributed by atoms with E-state index in [0.29, 0.717) is 18.1 Å². The topological polar surface area (TPSA) is 29.5 Å². The van der Waals surface area contributed by atoms with Gasteiger partial charge in [-0.25, -0.2) is 0 Å². The molecule has 0 aromatic heterocycles. The summed E-state index contributed by atoms with van der Waals surface area (Å²) in [4.78, 5) is 0. The fourth-order valence-electron chi connectivity index (χ4n) is 2.02. The first-order valence-corrected chi connectivity index (χ1v) is 7.22. The van der Waals surface area contributed by atoms with E-state index >= 15 is 0 Å². The normalized spacial score (nSPS) is 12.2. The molecular formula is C17H19ClO2. The molecule has 0 aliphatic carbocycles. The number of hydrogen-bond acceptors (Lipinski definition) is 2. The lowest BCUT2D eigenvalue weighted by atomic mass is 10.0. The Morgan fingerprint density at radius 1 is 1.15 bits per heavy atom. The van der Waals surface area contributed by atoms with Crippen molar-refractivity contribution in [3.8, 4) is 5.75 Å². The zero-order valence-corrected chi connectivity index (χ0v) is 12.3. The Balaban J connectivity index is 2.09. The van der Waals surface area contributed by atoms with Crippen LogP contribution in [0.2, 0.25) is 5.02 Å². The second-order valence-electron chi connectivity index (χ2n) is 4.73. The molecule has 0 spiro atoms. The summed E-state index contributed by atoms with van der Waals surface area (Å²) in [6.07, 6.45) is 0.878. The van der Waals surface area contributed by atoms with Gasteiger partial charge in [-0.1, -0.05) is 48.9 Å². The van der Waals surface area contributed by atoms with Crippen LogP contribution < -0.4 is 4.74 Å². The highest BCUT2D eigenvalue weighted by Crippen LogP contribution is 2.25. The first-order valence-electron chi connectivity index (χ1n) is 6.85. The number of ether oxygens (including phenoxy) is 1. The molecule has 0 bridgehead atoms. The molecule has 0 aliphatic heterocycles. The van der Waals surface area contributed by atoms with E-state index in [9.17, 15) is 5.11 Å². The van der Waals surface area contributed by atoms with Gasteiger partial charge in [0, 0.05) is 11.4 Å². The average molecular weight is 291 g/mol. The number of benzene rings is 2. The monoisotopic (exact) mass is 290 g/mol. The molecule has 2 rings (SSSR count). The van der Waals surface area contributed by atoms with E-state index in [2.05, 4.69) is 6.92 Å². The SMILES string of the molecule is CCCOc1cccc(C(O)Cc2ccccc2Cl)c1. The van der Waals surface area contributed by atoms with E-state index in [1.807, 2.05) is 48.5 Å². The molecule has 106 valence electrons. The summed E-state index contributed by atoms with van der Waals surface area (Å²) in [5.41, 5.74) is 1.79. The minimum atomic E-state index is -0.583. The predicted molar refractivity (Wildman–Crippen MR) is 82.3 cm³/mol. The van der Waals surface area contributed by atoms with Gasteiger partial charge in [0.2, 0.25) is 0 Å². The van der Waals surface area contributed by atoms with Crippen molar-refractivity contribution >= 4 is 11.6 Å². The summed E-state index contributed by atoms with van der Waals surface area (Å²) in [5, 5.41) is 11.0. The van der Waals surface area contributed by atoms with Gasteiger partial charge in [-0.2, -0.15) is 0 Å². The molecule has 2 nitrogen and oxygen atoms in total. The third kappa shape index (κ3) is 3.99. The number of aliphatic hydroxyl groups excluding tert-OH is 1. The quantitative estimate of drug-likeness (QED) is 0.854. The smallest absolute Gasteiger partial charge is 0.119 e. The van der Waals surface area contributed by atoms with Gasteiger partial charge >= 0.3 is 0 Å². The summed E-state index contributed by atoms with van der Waals surface area (Å²) in [7, 11) is 0. The van der Waals surface area contributed by atoms with E-state index in [-0.39, 0.29) is 0 Å². The summed E-state index contributed by atoms with van der Waals surface area (Å²) in [5.74, 6) is 0.794. The molecule has 0 amide bonds. The van der Waals surface area contributed by atoms with Crippen molar-refractivity contribution < 1.29 is 9.84 Å². The van der Waals surface area contributed by atoms with E-state index in [1.54, 1.807) is 0 Å². The Hall–Kier alpha value is -1.51. The van der Waals surface area contributed by atoms with Crippen LogP contribution in [0.5, 0.6) is 5.75 Å². The number of rotatable bonds is 6. The molecule has 1 N–H and O–H groups in total. The van der Waals surface area contributed by atoms with Gasteiger partial charge < -0.3 is 9.84 Å². The Morgan fingerprint density at radius 2 is 1.95 bits per heavy atom. The van der Waals surface area contributed by atoms with Gasteiger partial charge in [-0.3, -0.25) is 0 Å². The van der Waals surface area contributed by atoms with Crippen molar-refractivity contribution in [3.05, 3.63) is 64.7 Å². The third-order valence-electron chi connectivity index (χ3n) is 3.09. The molecule has 1 atom stereocenters. The van der Waals surface area contributed by atoms with Crippen LogP contribution in [-0.2, 0) is 6.42 Å². The zero-order valence-electron chi connectivity index (χ0n) is 11.6. The molecule has 2 aromatic rings. The van der Waals surface area contributed by atoms with Gasteiger partial charge in [0.1, 0.15) is 5.75 Å². The van der Waals surface area contributed by atoms with Gasteiger partial charge in [0.25, 0.3) is 0 Å². The van der Waals surface area contributed by atoms with Gasteiger partial charge in [0.05, 0.1) is 12.7 Å². The number of halogens is 1. The molecule has 0 radical (unpaired) electrons. The van der Waals surface area contributed by atoms with Crippen molar-refractivity contribution in [2.24, 2.45) is 0 Å². The highest BCUT2D eigenvalue weighted by atomic mass is 35.5. The Labute approximate surface area is 125 Å². The van der Waals surface area contributed by atoms with E-state index in [0.717, 1.165) is 23.3 Å². The van der Waals surface area contributed by atoms with Crippen LogP contribution in [0.3, 0.4) is 0 Å². The lowest BCUT2D eigenvalue weighted by Crippen LogP contribution is -2.03. The molecule has 0 heterocycles. The maximum Gasteiger partial charge on any atom is 0.119 e. The van der Waals surface area contributed by atoms with Crippen molar-refractivity contribution in [2.45, 2.75) is 25.9 Å². The van der Waals surface area contributed by atoms with Crippen LogP contribution in [0, 0.1) is 0 Å². The van der Waals surface area contributed by atoms with E-state index < -0.39 is 6.10 Å². The lowest BCUT2D eigenvalue weighted by molar-refractivity contribution is 0.178. The minimum Gasteiger partial charge on any atom is -0.494 e.